The van der Waals surface area contributed by atoms with Gasteiger partial charge in [0, 0.05) is 6.20 Å². The quantitative estimate of drug-likeness (QED) is 0.280. The molecule has 1 aromatic rings. The third-order valence-corrected chi connectivity index (χ3v) is 4.51. The van der Waals surface area contributed by atoms with Gasteiger partial charge in [-0.25, -0.2) is 0 Å². The van der Waals surface area contributed by atoms with Crippen LogP contribution in [-0.4, -0.2) is 4.98 Å². The van der Waals surface area contributed by atoms with Crippen LogP contribution in [0.2, 0.25) is 0 Å². The Morgan fingerprint density at radius 3 is 1.95 bits per heavy atom. The molecular formula is C19H32ClN. The second kappa shape index (κ2) is 13.1. The lowest BCUT2D eigenvalue weighted by Crippen LogP contribution is -1.93. The molecule has 0 aliphatic rings. The number of nitrogens with zero attached hydrogens (tertiary/aromatic N) is 1. The van der Waals surface area contributed by atoms with Crippen LogP contribution in [0, 0.1) is 0 Å². The smallest absolute Gasteiger partial charge is 0.0757 e. The highest BCUT2D eigenvalue weighted by Crippen LogP contribution is 2.24. The minimum Gasteiger partial charge on any atom is -0.260 e. The SMILES string of the molecule is CCCCCCCCCCCCCC(Cl)c1ccccn1. The second-order valence-electron chi connectivity index (χ2n) is 6.05. The molecule has 2 heteroatoms. The van der Waals surface area contributed by atoms with Crippen molar-refractivity contribution in [2.75, 3.05) is 0 Å². The molecule has 1 aromatic heterocycles. The minimum atomic E-state index is 0.0877. The fourth-order valence-electron chi connectivity index (χ4n) is 2.70. The maximum absolute atomic E-state index is 6.37. The number of hydrogen-bond acceptors (Lipinski definition) is 1. The average Bonchev–Trinajstić information content (AvgIpc) is 2.53. The van der Waals surface area contributed by atoms with Crippen molar-refractivity contribution >= 4 is 11.6 Å². The van der Waals surface area contributed by atoms with E-state index in [1.54, 1.807) is 0 Å². The van der Waals surface area contributed by atoms with Crippen molar-refractivity contribution in [2.45, 2.75) is 89.4 Å². The van der Waals surface area contributed by atoms with E-state index < -0.39 is 0 Å². The fraction of sp³-hybridized carbons (Fsp3) is 0.737. The molecule has 120 valence electrons. The summed E-state index contributed by atoms with van der Waals surface area (Å²) in [5, 5.41) is 0.0877. The van der Waals surface area contributed by atoms with Gasteiger partial charge in [0.2, 0.25) is 0 Å². The Bertz CT molecular complexity index is 326. The maximum atomic E-state index is 6.37. The predicted octanol–water partition coefficient (Wildman–Crippen LogP) is 7.06. The lowest BCUT2D eigenvalue weighted by Gasteiger charge is -2.08. The molecule has 0 bridgehead atoms. The Morgan fingerprint density at radius 2 is 1.43 bits per heavy atom. The van der Waals surface area contributed by atoms with Crippen LogP contribution in [0.4, 0.5) is 0 Å². The van der Waals surface area contributed by atoms with Crippen molar-refractivity contribution in [3.8, 4) is 0 Å². The standard InChI is InChI=1S/C19H32ClN/c1-2-3-4-5-6-7-8-9-10-11-12-15-18(20)19-16-13-14-17-21-19/h13-14,16-18H,2-12,15H2,1H3. The summed E-state index contributed by atoms with van der Waals surface area (Å²) in [6.07, 6.45) is 18.1. The van der Waals surface area contributed by atoms with Gasteiger partial charge >= 0.3 is 0 Å². The van der Waals surface area contributed by atoms with E-state index in [9.17, 15) is 0 Å². The first-order valence-electron chi connectivity index (χ1n) is 8.89. The molecule has 0 aliphatic heterocycles. The number of rotatable bonds is 13. The van der Waals surface area contributed by atoms with Crippen LogP contribution in [-0.2, 0) is 0 Å². The first-order chi connectivity index (χ1) is 10.3. The number of pyridine rings is 1. The third-order valence-electron chi connectivity index (χ3n) is 4.07. The zero-order valence-electron chi connectivity index (χ0n) is 13.7. The van der Waals surface area contributed by atoms with E-state index in [4.69, 9.17) is 11.6 Å². The summed E-state index contributed by atoms with van der Waals surface area (Å²) in [6.45, 7) is 2.28. The zero-order chi connectivity index (χ0) is 15.2. The van der Waals surface area contributed by atoms with E-state index in [1.807, 2.05) is 24.4 Å². The number of hydrogen-bond donors (Lipinski definition) is 0. The number of halogens is 1. The van der Waals surface area contributed by atoms with Crippen LogP contribution in [0.5, 0.6) is 0 Å². The highest BCUT2D eigenvalue weighted by Gasteiger charge is 2.07. The van der Waals surface area contributed by atoms with Gasteiger partial charge < -0.3 is 0 Å². The Hall–Kier alpha value is -0.560. The molecule has 1 rings (SSSR count). The van der Waals surface area contributed by atoms with Crippen LogP contribution in [0.15, 0.2) is 24.4 Å². The fourth-order valence-corrected chi connectivity index (χ4v) is 2.98. The molecule has 1 nitrogen and oxygen atoms in total. The third kappa shape index (κ3) is 9.90. The van der Waals surface area contributed by atoms with Gasteiger partial charge in [-0.05, 0) is 18.6 Å². The van der Waals surface area contributed by atoms with Gasteiger partial charge in [-0.3, -0.25) is 4.98 Å². The zero-order valence-corrected chi connectivity index (χ0v) is 14.5. The van der Waals surface area contributed by atoms with E-state index in [-0.39, 0.29) is 5.38 Å². The predicted molar refractivity (Wildman–Crippen MR) is 93.9 cm³/mol. The van der Waals surface area contributed by atoms with E-state index >= 15 is 0 Å². The summed E-state index contributed by atoms with van der Waals surface area (Å²) in [4.78, 5) is 4.32. The molecule has 0 spiro atoms. The molecule has 0 saturated heterocycles. The summed E-state index contributed by atoms with van der Waals surface area (Å²) < 4.78 is 0. The number of alkyl halides is 1. The van der Waals surface area contributed by atoms with Gasteiger partial charge in [-0.15, -0.1) is 11.6 Å². The molecule has 0 saturated carbocycles. The van der Waals surface area contributed by atoms with E-state index in [0.29, 0.717) is 0 Å². The summed E-state index contributed by atoms with van der Waals surface area (Å²) in [6, 6.07) is 5.98. The lowest BCUT2D eigenvalue weighted by atomic mass is 10.0. The van der Waals surface area contributed by atoms with Gasteiger partial charge in [0.15, 0.2) is 0 Å². The first-order valence-corrected chi connectivity index (χ1v) is 9.33. The monoisotopic (exact) mass is 309 g/mol. The molecule has 1 heterocycles. The summed E-state index contributed by atoms with van der Waals surface area (Å²) >= 11 is 6.37. The van der Waals surface area contributed by atoms with Crippen molar-refractivity contribution in [2.24, 2.45) is 0 Å². The van der Waals surface area contributed by atoms with Crippen LogP contribution >= 0.6 is 11.6 Å². The van der Waals surface area contributed by atoms with Crippen molar-refractivity contribution in [3.05, 3.63) is 30.1 Å². The van der Waals surface area contributed by atoms with Crippen molar-refractivity contribution in [1.82, 2.24) is 4.98 Å². The highest BCUT2D eigenvalue weighted by atomic mass is 35.5. The van der Waals surface area contributed by atoms with Gasteiger partial charge in [-0.2, -0.15) is 0 Å². The Kier molecular flexibility index (Phi) is 11.6. The molecular weight excluding hydrogens is 278 g/mol. The molecule has 0 fully saturated rings. The molecule has 0 aromatic carbocycles. The molecule has 1 atom stereocenters. The van der Waals surface area contributed by atoms with Gasteiger partial charge in [-0.1, -0.05) is 83.6 Å². The number of aromatic nitrogens is 1. The van der Waals surface area contributed by atoms with Crippen LogP contribution in [0.25, 0.3) is 0 Å². The van der Waals surface area contributed by atoms with E-state index in [0.717, 1.165) is 12.1 Å². The summed E-state index contributed by atoms with van der Waals surface area (Å²) in [7, 11) is 0. The van der Waals surface area contributed by atoms with E-state index in [2.05, 4.69) is 11.9 Å². The van der Waals surface area contributed by atoms with Crippen LogP contribution in [0.3, 0.4) is 0 Å². The minimum absolute atomic E-state index is 0.0877. The highest BCUT2D eigenvalue weighted by molar-refractivity contribution is 6.20. The van der Waals surface area contributed by atoms with Gasteiger partial charge in [0.25, 0.3) is 0 Å². The van der Waals surface area contributed by atoms with Gasteiger partial charge in [0.05, 0.1) is 11.1 Å². The first kappa shape index (κ1) is 18.5. The second-order valence-corrected chi connectivity index (χ2v) is 6.57. The Balaban J connectivity index is 1.86. The Labute approximate surface area is 136 Å². The average molecular weight is 310 g/mol. The van der Waals surface area contributed by atoms with Crippen LogP contribution in [0.1, 0.15) is 95.0 Å². The lowest BCUT2D eigenvalue weighted by molar-refractivity contribution is 0.541. The van der Waals surface area contributed by atoms with Crippen molar-refractivity contribution in [3.63, 3.8) is 0 Å². The summed E-state index contributed by atoms with van der Waals surface area (Å²) in [5.74, 6) is 0. The largest absolute Gasteiger partial charge is 0.260 e. The van der Waals surface area contributed by atoms with Gasteiger partial charge in [0.1, 0.15) is 0 Å². The summed E-state index contributed by atoms with van der Waals surface area (Å²) in [5.41, 5.74) is 1.02. The topological polar surface area (TPSA) is 12.9 Å². The molecule has 0 aliphatic carbocycles. The Morgan fingerprint density at radius 1 is 0.857 bits per heavy atom. The normalized spacial score (nSPS) is 12.5. The van der Waals surface area contributed by atoms with E-state index in [1.165, 1.54) is 70.6 Å². The van der Waals surface area contributed by atoms with Crippen molar-refractivity contribution in [1.29, 1.82) is 0 Å². The molecule has 0 N–H and O–H groups in total. The molecule has 0 radical (unpaired) electrons. The number of unbranched alkanes of at least 4 members (excludes halogenated alkanes) is 10. The maximum Gasteiger partial charge on any atom is 0.0757 e. The molecule has 0 amide bonds. The molecule has 1 unspecified atom stereocenters. The molecule has 21 heavy (non-hydrogen) atoms. The van der Waals surface area contributed by atoms with Crippen molar-refractivity contribution < 1.29 is 0 Å². The van der Waals surface area contributed by atoms with Crippen LogP contribution < -0.4 is 0 Å².